The summed E-state index contributed by atoms with van der Waals surface area (Å²) in [5, 5.41) is 0.134. The van der Waals surface area contributed by atoms with E-state index in [4.69, 9.17) is 11.6 Å². The molecule has 0 atom stereocenters. The van der Waals surface area contributed by atoms with Crippen molar-refractivity contribution in [1.29, 1.82) is 0 Å². The summed E-state index contributed by atoms with van der Waals surface area (Å²) in [6.07, 6.45) is 2.61. The van der Waals surface area contributed by atoms with E-state index in [1.165, 1.54) is 6.20 Å². The van der Waals surface area contributed by atoms with E-state index < -0.39 is 9.84 Å². The van der Waals surface area contributed by atoms with E-state index in [9.17, 15) is 8.42 Å². The van der Waals surface area contributed by atoms with Gasteiger partial charge in [0.25, 0.3) is 0 Å². The van der Waals surface area contributed by atoms with Crippen LogP contribution in [0.4, 0.5) is 0 Å². The van der Waals surface area contributed by atoms with Gasteiger partial charge in [-0.15, -0.1) is 0 Å². The Kier molecular flexibility index (Phi) is 3.32. The number of hydrogen-bond acceptors (Lipinski definition) is 5. The molecule has 0 aliphatic carbocycles. The maximum absolute atomic E-state index is 11.5. The molecule has 0 aromatic carbocycles. The zero-order chi connectivity index (χ0) is 13.3. The third-order valence-corrected chi connectivity index (χ3v) is 3.24. The Bertz CT molecular complexity index is 701. The molecule has 0 amide bonds. The highest BCUT2D eigenvalue weighted by atomic mass is 35.5. The molecular weight excluding hydrogens is 274 g/mol. The highest BCUT2D eigenvalue weighted by Gasteiger charge is 2.13. The Morgan fingerprint density at radius 2 is 1.94 bits per heavy atom. The molecule has 18 heavy (non-hydrogen) atoms. The van der Waals surface area contributed by atoms with E-state index in [0.29, 0.717) is 22.1 Å². The van der Waals surface area contributed by atoms with Crippen LogP contribution in [-0.2, 0) is 9.84 Å². The summed E-state index contributed by atoms with van der Waals surface area (Å²) in [5.41, 5.74) is 1.78. The quantitative estimate of drug-likeness (QED) is 0.622. The summed E-state index contributed by atoms with van der Waals surface area (Å²) in [4.78, 5) is 11.8. The Balaban J connectivity index is 2.63. The van der Waals surface area contributed by atoms with Gasteiger partial charge >= 0.3 is 0 Å². The van der Waals surface area contributed by atoms with Gasteiger partial charge in [0.15, 0.2) is 0 Å². The van der Waals surface area contributed by atoms with Crippen molar-refractivity contribution in [2.24, 2.45) is 0 Å². The number of aryl methyl sites for hydroxylation is 1. The molecule has 2 rings (SSSR count). The molecule has 0 saturated carbocycles. The normalized spacial score (nSPS) is 11.5. The summed E-state index contributed by atoms with van der Waals surface area (Å²) in [6, 6.07) is 5.02. The number of halogens is 1. The summed E-state index contributed by atoms with van der Waals surface area (Å²) >= 11 is 5.79. The van der Waals surface area contributed by atoms with E-state index in [1.54, 1.807) is 25.1 Å². The van der Waals surface area contributed by atoms with Crippen LogP contribution in [0.15, 0.2) is 29.6 Å². The highest BCUT2D eigenvalue weighted by Crippen LogP contribution is 2.20. The lowest BCUT2D eigenvalue weighted by molar-refractivity contribution is 0.592. The van der Waals surface area contributed by atoms with Crippen molar-refractivity contribution in [3.8, 4) is 11.3 Å². The van der Waals surface area contributed by atoms with Gasteiger partial charge in [-0.25, -0.2) is 23.4 Å². The van der Waals surface area contributed by atoms with Crippen LogP contribution in [0.2, 0.25) is 5.15 Å². The number of pyridine rings is 1. The third kappa shape index (κ3) is 2.83. The highest BCUT2D eigenvalue weighted by molar-refractivity contribution is 7.90. The number of aromatic nitrogens is 3. The second kappa shape index (κ2) is 4.62. The molecule has 0 unspecified atom stereocenters. The Labute approximate surface area is 110 Å². The van der Waals surface area contributed by atoms with Gasteiger partial charge in [-0.2, -0.15) is 0 Å². The minimum atomic E-state index is -3.44. The number of nitrogens with zero attached hydrogens (tertiary/aromatic N) is 3. The van der Waals surface area contributed by atoms with Gasteiger partial charge in [0.2, 0.25) is 15.0 Å². The van der Waals surface area contributed by atoms with Gasteiger partial charge in [-0.05, 0) is 25.1 Å². The molecular formula is C11H10ClN3O2S. The molecule has 2 aromatic heterocycles. The Hall–Kier alpha value is -1.53. The molecule has 0 radical (unpaired) electrons. The average Bonchev–Trinajstić information content (AvgIpc) is 2.27. The topological polar surface area (TPSA) is 72.8 Å². The lowest BCUT2D eigenvalue weighted by atomic mass is 10.2. The minimum absolute atomic E-state index is 0.189. The van der Waals surface area contributed by atoms with Gasteiger partial charge < -0.3 is 0 Å². The van der Waals surface area contributed by atoms with Crippen molar-refractivity contribution in [1.82, 2.24) is 15.0 Å². The van der Waals surface area contributed by atoms with Crippen molar-refractivity contribution >= 4 is 21.4 Å². The van der Waals surface area contributed by atoms with E-state index >= 15 is 0 Å². The van der Waals surface area contributed by atoms with Crippen LogP contribution in [-0.4, -0.2) is 29.6 Å². The summed E-state index contributed by atoms with van der Waals surface area (Å²) in [5.74, 6) is 0. The van der Waals surface area contributed by atoms with Crippen LogP contribution in [0.1, 0.15) is 5.69 Å². The molecule has 0 saturated heterocycles. The van der Waals surface area contributed by atoms with Crippen LogP contribution >= 0.6 is 11.6 Å². The van der Waals surface area contributed by atoms with Crippen LogP contribution in [0, 0.1) is 6.92 Å². The molecule has 2 heterocycles. The van der Waals surface area contributed by atoms with Gasteiger partial charge in [0.1, 0.15) is 5.15 Å². The van der Waals surface area contributed by atoms with Crippen molar-refractivity contribution in [2.45, 2.75) is 12.1 Å². The molecule has 0 fully saturated rings. The van der Waals surface area contributed by atoms with Crippen LogP contribution in [0.25, 0.3) is 11.3 Å². The molecule has 0 aliphatic heterocycles. The standard InChI is InChI=1S/C11H10ClN3O2S/c1-7-5-9(8-3-4-13-10(12)6-8)15-11(14-7)18(2,16)17/h3-6H,1-2H3. The van der Waals surface area contributed by atoms with E-state index in [-0.39, 0.29) is 5.16 Å². The molecule has 7 heteroatoms. The first-order chi connectivity index (χ1) is 8.36. The van der Waals surface area contributed by atoms with Crippen LogP contribution in [0.5, 0.6) is 0 Å². The smallest absolute Gasteiger partial charge is 0.245 e. The van der Waals surface area contributed by atoms with Crippen LogP contribution < -0.4 is 0 Å². The molecule has 2 aromatic rings. The number of sulfone groups is 1. The molecule has 0 spiro atoms. The summed E-state index contributed by atoms with van der Waals surface area (Å²) in [6.45, 7) is 1.71. The van der Waals surface area contributed by atoms with Crippen molar-refractivity contribution < 1.29 is 8.42 Å². The first kappa shape index (κ1) is 12.9. The first-order valence-corrected chi connectivity index (χ1v) is 7.31. The number of rotatable bonds is 2. The molecule has 0 aliphatic rings. The second-order valence-electron chi connectivity index (χ2n) is 3.82. The third-order valence-electron chi connectivity index (χ3n) is 2.19. The Morgan fingerprint density at radius 3 is 2.56 bits per heavy atom. The van der Waals surface area contributed by atoms with Crippen molar-refractivity contribution in [2.75, 3.05) is 6.26 Å². The van der Waals surface area contributed by atoms with Crippen molar-refractivity contribution in [3.05, 3.63) is 35.2 Å². The molecule has 5 nitrogen and oxygen atoms in total. The van der Waals surface area contributed by atoms with Gasteiger partial charge in [0.05, 0.1) is 5.69 Å². The second-order valence-corrected chi connectivity index (χ2v) is 6.11. The van der Waals surface area contributed by atoms with Gasteiger partial charge in [-0.3, -0.25) is 0 Å². The monoisotopic (exact) mass is 283 g/mol. The SMILES string of the molecule is Cc1cc(-c2ccnc(Cl)c2)nc(S(C)(=O)=O)n1. The lowest BCUT2D eigenvalue weighted by Crippen LogP contribution is -2.06. The van der Waals surface area contributed by atoms with Gasteiger partial charge in [-0.1, -0.05) is 11.6 Å². The zero-order valence-corrected chi connectivity index (χ0v) is 11.3. The van der Waals surface area contributed by atoms with Crippen molar-refractivity contribution in [3.63, 3.8) is 0 Å². The number of hydrogen-bond donors (Lipinski definition) is 0. The Morgan fingerprint density at radius 1 is 1.22 bits per heavy atom. The largest absolute Gasteiger partial charge is 0.247 e. The maximum Gasteiger partial charge on any atom is 0.247 e. The fourth-order valence-electron chi connectivity index (χ4n) is 1.42. The first-order valence-electron chi connectivity index (χ1n) is 5.04. The molecule has 0 bridgehead atoms. The maximum atomic E-state index is 11.5. The lowest BCUT2D eigenvalue weighted by Gasteiger charge is -2.05. The van der Waals surface area contributed by atoms with Crippen LogP contribution in [0.3, 0.4) is 0 Å². The van der Waals surface area contributed by atoms with E-state index in [2.05, 4.69) is 15.0 Å². The fourth-order valence-corrected chi connectivity index (χ4v) is 2.16. The summed E-state index contributed by atoms with van der Waals surface area (Å²) in [7, 11) is -3.44. The predicted octanol–water partition coefficient (Wildman–Crippen LogP) is 1.90. The van der Waals surface area contributed by atoms with Gasteiger partial charge in [0, 0.05) is 23.7 Å². The average molecular weight is 284 g/mol. The summed E-state index contributed by atoms with van der Waals surface area (Å²) < 4.78 is 22.9. The van der Waals surface area contributed by atoms with E-state index in [0.717, 1.165) is 6.26 Å². The predicted molar refractivity (Wildman–Crippen MR) is 68.1 cm³/mol. The minimum Gasteiger partial charge on any atom is -0.245 e. The fraction of sp³-hybridized carbons (Fsp3) is 0.182. The zero-order valence-electron chi connectivity index (χ0n) is 9.75. The molecule has 0 N–H and O–H groups in total. The van der Waals surface area contributed by atoms with E-state index in [1.807, 2.05) is 0 Å². The molecule has 94 valence electrons.